The SMILES string of the molecule is CCNC(=NCC(CCO)CC(C)C)NCCC1CCCN(C(=O)OC(C)(C)C)C1. The number of aliphatic hydroxyl groups excluding tert-OH is 1. The van der Waals surface area contributed by atoms with Gasteiger partial charge in [0.1, 0.15) is 5.60 Å². The number of nitrogens with one attached hydrogen (secondary N) is 2. The van der Waals surface area contributed by atoms with Gasteiger partial charge in [-0.2, -0.15) is 0 Å². The summed E-state index contributed by atoms with van der Waals surface area (Å²) in [6, 6.07) is 0. The first-order chi connectivity index (χ1) is 14.1. The molecule has 0 saturated carbocycles. The van der Waals surface area contributed by atoms with Crippen molar-refractivity contribution >= 4 is 12.1 Å². The molecule has 0 aromatic heterocycles. The van der Waals surface area contributed by atoms with Crippen molar-refractivity contribution in [3.05, 3.63) is 0 Å². The Bertz CT molecular complexity index is 517. The third-order valence-electron chi connectivity index (χ3n) is 5.21. The summed E-state index contributed by atoms with van der Waals surface area (Å²) in [5.74, 6) is 2.33. The predicted molar refractivity (Wildman–Crippen MR) is 124 cm³/mol. The fraction of sp³-hybridized carbons (Fsp3) is 0.913. The molecule has 0 spiro atoms. The van der Waals surface area contributed by atoms with Crippen LogP contribution < -0.4 is 10.6 Å². The van der Waals surface area contributed by atoms with Crippen molar-refractivity contribution in [1.82, 2.24) is 15.5 Å². The molecule has 176 valence electrons. The van der Waals surface area contributed by atoms with E-state index in [4.69, 9.17) is 9.73 Å². The second-order valence-corrected chi connectivity index (χ2v) is 9.88. The molecule has 2 atom stereocenters. The van der Waals surface area contributed by atoms with Gasteiger partial charge in [-0.05, 0) is 77.6 Å². The monoisotopic (exact) mass is 426 g/mol. The summed E-state index contributed by atoms with van der Waals surface area (Å²) in [5, 5.41) is 16.1. The lowest BCUT2D eigenvalue weighted by Crippen LogP contribution is -2.44. The average molecular weight is 427 g/mol. The van der Waals surface area contributed by atoms with Crippen LogP contribution in [0.1, 0.15) is 73.6 Å². The molecule has 0 aromatic carbocycles. The molecule has 1 saturated heterocycles. The van der Waals surface area contributed by atoms with Crippen LogP contribution >= 0.6 is 0 Å². The number of ether oxygens (including phenoxy) is 1. The Balaban J connectivity index is 2.49. The van der Waals surface area contributed by atoms with Gasteiger partial charge >= 0.3 is 6.09 Å². The van der Waals surface area contributed by atoms with Gasteiger partial charge in [0, 0.05) is 39.3 Å². The summed E-state index contributed by atoms with van der Waals surface area (Å²) in [5.41, 5.74) is -0.452. The number of aliphatic hydroxyl groups is 1. The van der Waals surface area contributed by atoms with E-state index in [0.717, 1.165) is 70.8 Å². The van der Waals surface area contributed by atoms with Gasteiger partial charge in [0.2, 0.25) is 0 Å². The third-order valence-corrected chi connectivity index (χ3v) is 5.21. The Labute approximate surface area is 184 Å². The van der Waals surface area contributed by atoms with Gasteiger partial charge < -0.3 is 25.4 Å². The molecule has 7 nitrogen and oxygen atoms in total. The molecule has 1 amide bonds. The van der Waals surface area contributed by atoms with E-state index >= 15 is 0 Å². The van der Waals surface area contributed by atoms with E-state index < -0.39 is 5.60 Å². The van der Waals surface area contributed by atoms with Crippen LogP contribution in [0, 0.1) is 17.8 Å². The van der Waals surface area contributed by atoms with E-state index in [0.29, 0.717) is 17.8 Å². The van der Waals surface area contributed by atoms with Crippen LogP contribution in [0.25, 0.3) is 0 Å². The molecule has 1 rings (SSSR count). The zero-order valence-corrected chi connectivity index (χ0v) is 20.2. The van der Waals surface area contributed by atoms with Gasteiger partial charge in [-0.3, -0.25) is 4.99 Å². The lowest BCUT2D eigenvalue weighted by Gasteiger charge is -2.34. The van der Waals surface area contributed by atoms with Gasteiger partial charge in [-0.25, -0.2) is 4.79 Å². The predicted octanol–water partition coefficient (Wildman–Crippen LogP) is 3.62. The van der Waals surface area contributed by atoms with Crippen LogP contribution in [0.3, 0.4) is 0 Å². The van der Waals surface area contributed by atoms with E-state index in [-0.39, 0.29) is 12.7 Å². The highest BCUT2D eigenvalue weighted by atomic mass is 16.6. The highest BCUT2D eigenvalue weighted by Gasteiger charge is 2.27. The van der Waals surface area contributed by atoms with Gasteiger partial charge in [0.15, 0.2) is 5.96 Å². The lowest BCUT2D eigenvalue weighted by molar-refractivity contribution is 0.0162. The number of aliphatic imine (C=N–C) groups is 1. The van der Waals surface area contributed by atoms with E-state index in [1.165, 1.54) is 0 Å². The standard InChI is InChI=1S/C23H46N4O3/c1-7-24-21(26-16-20(11-14-28)15-18(2)3)25-12-10-19-9-8-13-27(17-19)22(29)30-23(4,5)6/h18-20,28H,7-17H2,1-6H3,(H2,24,25,26). The molecule has 7 heteroatoms. The largest absolute Gasteiger partial charge is 0.444 e. The quantitative estimate of drug-likeness (QED) is 0.367. The van der Waals surface area contributed by atoms with Crippen LogP contribution in [-0.4, -0.2) is 67.0 Å². The zero-order chi connectivity index (χ0) is 22.6. The number of amides is 1. The molecule has 0 aromatic rings. The highest BCUT2D eigenvalue weighted by Crippen LogP contribution is 2.21. The van der Waals surface area contributed by atoms with E-state index in [1.807, 2.05) is 25.7 Å². The molecule has 0 radical (unpaired) electrons. The fourth-order valence-corrected chi connectivity index (χ4v) is 3.88. The molecule has 3 N–H and O–H groups in total. The number of piperidine rings is 1. The summed E-state index contributed by atoms with van der Waals surface area (Å²) < 4.78 is 5.53. The van der Waals surface area contributed by atoms with Crippen LogP contribution in [-0.2, 0) is 4.74 Å². The van der Waals surface area contributed by atoms with Gasteiger partial charge in [-0.15, -0.1) is 0 Å². The number of carbonyl (C=O) groups excluding carboxylic acids is 1. The Hall–Kier alpha value is -1.50. The Kier molecular flexibility index (Phi) is 12.1. The van der Waals surface area contributed by atoms with Crippen molar-refractivity contribution in [3.63, 3.8) is 0 Å². The summed E-state index contributed by atoms with van der Waals surface area (Å²) in [7, 11) is 0. The van der Waals surface area contributed by atoms with Crippen molar-refractivity contribution in [2.24, 2.45) is 22.7 Å². The number of rotatable bonds is 10. The number of carbonyl (C=O) groups is 1. The maximum atomic E-state index is 12.3. The average Bonchev–Trinajstić information content (AvgIpc) is 2.64. The minimum atomic E-state index is -0.452. The molecule has 1 aliphatic heterocycles. The summed E-state index contributed by atoms with van der Waals surface area (Å²) in [6.45, 7) is 16.3. The number of likely N-dealkylation sites (tertiary alicyclic amines) is 1. The topological polar surface area (TPSA) is 86.2 Å². The third kappa shape index (κ3) is 11.6. The fourth-order valence-electron chi connectivity index (χ4n) is 3.88. The van der Waals surface area contributed by atoms with E-state index in [9.17, 15) is 9.90 Å². The lowest BCUT2D eigenvalue weighted by atomic mass is 9.94. The number of hydrogen-bond acceptors (Lipinski definition) is 4. The van der Waals surface area contributed by atoms with Gasteiger partial charge in [0.25, 0.3) is 0 Å². The van der Waals surface area contributed by atoms with Gasteiger partial charge in [0.05, 0.1) is 0 Å². The van der Waals surface area contributed by atoms with Crippen molar-refractivity contribution in [2.45, 2.75) is 79.2 Å². The maximum absolute atomic E-state index is 12.3. The second kappa shape index (κ2) is 13.7. The summed E-state index contributed by atoms with van der Waals surface area (Å²) in [6.07, 6.45) is 4.83. The first kappa shape index (κ1) is 26.5. The van der Waals surface area contributed by atoms with E-state index in [2.05, 4.69) is 31.4 Å². The second-order valence-electron chi connectivity index (χ2n) is 9.88. The van der Waals surface area contributed by atoms with Crippen LogP contribution in [0.15, 0.2) is 4.99 Å². The molecule has 0 bridgehead atoms. The minimum Gasteiger partial charge on any atom is -0.444 e. The van der Waals surface area contributed by atoms with Gasteiger partial charge in [-0.1, -0.05) is 13.8 Å². The van der Waals surface area contributed by atoms with Crippen LogP contribution in [0.5, 0.6) is 0 Å². The van der Waals surface area contributed by atoms with Crippen molar-refractivity contribution in [3.8, 4) is 0 Å². The normalized spacial score (nSPS) is 19.0. The highest BCUT2D eigenvalue weighted by molar-refractivity contribution is 5.79. The Morgan fingerprint density at radius 2 is 2.03 bits per heavy atom. The number of nitrogens with zero attached hydrogens (tertiary/aromatic N) is 2. The first-order valence-electron chi connectivity index (χ1n) is 11.8. The maximum Gasteiger partial charge on any atom is 0.410 e. The molecule has 1 aliphatic rings. The smallest absolute Gasteiger partial charge is 0.410 e. The van der Waals surface area contributed by atoms with Crippen molar-refractivity contribution in [2.75, 3.05) is 39.3 Å². The Morgan fingerprint density at radius 1 is 1.30 bits per heavy atom. The summed E-state index contributed by atoms with van der Waals surface area (Å²) in [4.78, 5) is 18.9. The van der Waals surface area contributed by atoms with Crippen LogP contribution in [0.2, 0.25) is 0 Å². The summed E-state index contributed by atoms with van der Waals surface area (Å²) >= 11 is 0. The zero-order valence-electron chi connectivity index (χ0n) is 20.2. The molecule has 2 unspecified atom stereocenters. The molecular weight excluding hydrogens is 380 g/mol. The molecule has 1 heterocycles. The molecule has 1 fully saturated rings. The minimum absolute atomic E-state index is 0.199. The molecule has 0 aliphatic carbocycles. The van der Waals surface area contributed by atoms with Crippen molar-refractivity contribution in [1.29, 1.82) is 0 Å². The first-order valence-corrected chi connectivity index (χ1v) is 11.8. The number of hydrogen-bond donors (Lipinski definition) is 3. The molecule has 30 heavy (non-hydrogen) atoms. The Morgan fingerprint density at radius 3 is 2.63 bits per heavy atom. The number of guanidine groups is 1. The van der Waals surface area contributed by atoms with Crippen molar-refractivity contribution < 1.29 is 14.6 Å². The van der Waals surface area contributed by atoms with Crippen LogP contribution in [0.4, 0.5) is 4.79 Å². The molecular formula is C23H46N4O3. The van der Waals surface area contributed by atoms with E-state index in [1.54, 1.807) is 0 Å².